The molecule has 83 valence electrons. The van der Waals surface area contributed by atoms with Gasteiger partial charge < -0.3 is 9.94 Å². The van der Waals surface area contributed by atoms with Gasteiger partial charge in [0.2, 0.25) is 0 Å². The lowest BCUT2D eigenvalue weighted by Gasteiger charge is -1.80. The second kappa shape index (κ2) is 60.2. The van der Waals surface area contributed by atoms with Crippen LogP contribution in [0.5, 0.6) is 0 Å². The second-order valence-corrected chi connectivity index (χ2v) is 0.927. The van der Waals surface area contributed by atoms with Gasteiger partial charge in [0, 0.05) is 22.4 Å². The lowest BCUT2D eigenvalue weighted by atomic mass is 10.8. The van der Waals surface area contributed by atoms with Crippen molar-refractivity contribution in [2.45, 2.75) is 28.2 Å². The van der Waals surface area contributed by atoms with Crippen LogP contribution in [0.15, 0.2) is 0 Å². The van der Waals surface area contributed by atoms with E-state index in [1.54, 1.807) is 14.2 Å². The SMILES string of the molecule is C.CC.CC(=O)O.CNOC.Cl.[B]. The first-order valence-electron chi connectivity index (χ1n) is 3.04. The number of rotatable bonds is 1. The van der Waals surface area contributed by atoms with E-state index in [2.05, 4.69) is 10.3 Å². The molecule has 0 aliphatic rings. The Balaban J connectivity index is -0.0000000133. The Morgan fingerprint density at radius 2 is 1.46 bits per heavy atom. The van der Waals surface area contributed by atoms with E-state index < -0.39 is 5.97 Å². The fourth-order valence-electron chi connectivity index (χ4n) is 0. The molecule has 3 radical (unpaired) electrons. The molecule has 0 unspecified atom stereocenters. The zero-order valence-electron chi connectivity index (χ0n) is 8.25. The van der Waals surface area contributed by atoms with Crippen LogP contribution in [0.25, 0.3) is 0 Å². The number of halogens is 1. The smallest absolute Gasteiger partial charge is 0.300 e. The van der Waals surface area contributed by atoms with Gasteiger partial charge in [0.25, 0.3) is 5.97 Å². The molecule has 4 nitrogen and oxygen atoms in total. The summed E-state index contributed by atoms with van der Waals surface area (Å²) in [4.78, 5) is 13.3. The van der Waals surface area contributed by atoms with Gasteiger partial charge in [-0.2, -0.15) is 0 Å². The number of hydrogen-bond acceptors (Lipinski definition) is 3. The summed E-state index contributed by atoms with van der Waals surface area (Å²) in [6.07, 6.45) is 0. The summed E-state index contributed by atoms with van der Waals surface area (Å²) < 4.78 is 0. The summed E-state index contributed by atoms with van der Waals surface area (Å²) in [6.45, 7) is 5.08. The molecular weight excluding hydrogens is 192 g/mol. The monoisotopic (exact) mass is 214 g/mol. The Morgan fingerprint density at radius 3 is 1.46 bits per heavy atom. The minimum absolute atomic E-state index is 0. The molecule has 0 saturated carbocycles. The first-order valence-corrected chi connectivity index (χ1v) is 3.04. The maximum atomic E-state index is 9.00. The molecule has 0 aliphatic carbocycles. The predicted octanol–water partition coefficient (Wildman–Crippen LogP) is 1.56. The molecule has 2 N–H and O–H groups in total. The van der Waals surface area contributed by atoms with Gasteiger partial charge in [-0.25, -0.2) is 5.48 Å². The number of aliphatic carboxylic acids is 1. The van der Waals surface area contributed by atoms with E-state index in [1.165, 1.54) is 0 Å². The highest BCUT2D eigenvalue weighted by Gasteiger charge is 1.65. The highest BCUT2D eigenvalue weighted by molar-refractivity contribution is 5.85. The zero-order valence-corrected chi connectivity index (χ0v) is 9.07. The zero-order chi connectivity index (χ0) is 8.99. The summed E-state index contributed by atoms with van der Waals surface area (Å²) in [5.74, 6) is -0.833. The number of carbonyl (C=O) groups is 1. The Morgan fingerprint density at radius 1 is 1.38 bits per heavy atom. The highest BCUT2D eigenvalue weighted by atomic mass is 35.5. The lowest BCUT2D eigenvalue weighted by Crippen LogP contribution is -2.00. The fraction of sp³-hybridized carbons (Fsp3) is 0.857. The standard InChI is InChI=1S/C2H7NO.C2H4O2.C2H6.CH4.B.ClH/c1-3-4-2;1-2(3)4;1-2;;;/h3H,1-2H3;1H3,(H,3,4);1-2H3;1H4;;1H. The number of carboxylic acids is 1. The largest absolute Gasteiger partial charge is 0.481 e. The number of hydroxylamine groups is 1. The number of carboxylic acid groups (broad SMARTS) is 1. The van der Waals surface area contributed by atoms with Crippen LogP contribution in [0.4, 0.5) is 0 Å². The van der Waals surface area contributed by atoms with Gasteiger partial charge in [0.05, 0.1) is 7.11 Å². The van der Waals surface area contributed by atoms with Gasteiger partial charge in [-0.3, -0.25) is 4.79 Å². The van der Waals surface area contributed by atoms with Crippen LogP contribution >= 0.6 is 12.4 Å². The van der Waals surface area contributed by atoms with Crippen molar-refractivity contribution < 1.29 is 14.7 Å². The van der Waals surface area contributed by atoms with Gasteiger partial charge in [0.15, 0.2) is 0 Å². The quantitative estimate of drug-likeness (QED) is 0.514. The molecule has 0 heterocycles. The molecule has 0 fully saturated rings. The molecule has 13 heavy (non-hydrogen) atoms. The molecule has 0 aliphatic heterocycles. The minimum atomic E-state index is -0.833. The van der Waals surface area contributed by atoms with E-state index >= 15 is 0 Å². The van der Waals surface area contributed by atoms with Crippen molar-refractivity contribution in [1.82, 2.24) is 5.48 Å². The van der Waals surface area contributed by atoms with Crippen LogP contribution < -0.4 is 5.48 Å². The van der Waals surface area contributed by atoms with E-state index in [0.29, 0.717) is 0 Å². The van der Waals surface area contributed by atoms with E-state index in [0.717, 1.165) is 6.92 Å². The molecule has 0 spiro atoms. The predicted molar refractivity (Wildman–Crippen MR) is 60.5 cm³/mol. The van der Waals surface area contributed by atoms with Crippen LogP contribution in [0.2, 0.25) is 0 Å². The Labute approximate surface area is 90.0 Å². The van der Waals surface area contributed by atoms with Crippen LogP contribution in [0, 0.1) is 0 Å². The number of nitrogens with one attached hydrogen (secondary N) is 1. The van der Waals surface area contributed by atoms with Gasteiger partial charge in [-0.15, -0.1) is 12.4 Å². The Hall–Kier alpha value is -0.255. The Kier molecular flexibility index (Phi) is 179. The second-order valence-electron chi connectivity index (χ2n) is 0.927. The van der Waals surface area contributed by atoms with Crippen molar-refractivity contribution >= 4 is 26.8 Å². The molecule has 0 saturated heterocycles. The average Bonchev–Trinajstić information content (AvgIpc) is 1.91. The lowest BCUT2D eigenvalue weighted by molar-refractivity contribution is -0.134. The van der Waals surface area contributed by atoms with Crippen molar-refractivity contribution in [3.8, 4) is 0 Å². The van der Waals surface area contributed by atoms with E-state index in [9.17, 15) is 0 Å². The maximum Gasteiger partial charge on any atom is 0.300 e. The van der Waals surface area contributed by atoms with Crippen molar-refractivity contribution in [1.29, 1.82) is 0 Å². The van der Waals surface area contributed by atoms with Gasteiger partial charge >= 0.3 is 0 Å². The van der Waals surface area contributed by atoms with Crippen molar-refractivity contribution in [2.24, 2.45) is 0 Å². The molecule has 0 bridgehead atoms. The Bertz CT molecular complexity index is 61.7. The van der Waals surface area contributed by atoms with Crippen molar-refractivity contribution in [3.05, 3.63) is 0 Å². The highest BCUT2D eigenvalue weighted by Crippen LogP contribution is 1.42. The summed E-state index contributed by atoms with van der Waals surface area (Å²) >= 11 is 0. The van der Waals surface area contributed by atoms with E-state index in [4.69, 9.17) is 9.90 Å². The van der Waals surface area contributed by atoms with E-state index in [1.807, 2.05) is 13.8 Å². The third kappa shape index (κ3) is 2010. The summed E-state index contributed by atoms with van der Waals surface area (Å²) in [7, 11) is 3.28. The van der Waals surface area contributed by atoms with Crippen LogP contribution in [-0.4, -0.2) is 33.6 Å². The molecule has 0 aromatic heterocycles. The molecule has 0 atom stereocenters. The van der Waals surface area contributed by atoms with Gasteiger partial charge in [-0.05, 0) is 0 Å². The first-order chi connectivity index (χ1) is 4.65. The van der Waals surface area contributed by atoms with Crippen LogP contribution in [-0.2, 0) is 9.63 Å². The number of hydrogen-bond donors (Lipinski definition) is 2. The molecule has 0 rings (SSSR count). The summed E-state index contributed by atoms with van der Waals surface area (Å²) in [6, 6.07) is 0. The third-order valence-electron chi connectivity index (χ3n) is 0.204. The molecule has 0 amide bonds. The average molecular weight is 215 g/mol. The summed E-state index contributed by atoms with van der Waals surface area (Å²) in [5, 5.41) is 7.42. The van der Waals surface area contributed by atoms with Gasteiger partial charge in [0.1, 0.15) is 0 Å². The molecular formula is C7H22BClNO3. The van der Waals surface area contributed by atoms with Crippen molar-refractivity contribution in [2.75, 3.05) is 14.2 Å². The molecule has 0 aromatic rings. The fourth-order valence-corrected chi connectivity index (χ4v) is 0. The maximum absolute atomic E-state index is 9.00. The third-order valence-corrected chi connectivity index (χ3v) is 0.204. The minimum Gasteiger partial charge on any atom is -0.481 e. The topological polar surface area (TPSA) is 58.6 Å². The van der Waals surface area contributed by atoms with Gasteiger partial charge in [-0.1, -0.05) is 21.3 Å². The van der Waals surface area contributed by atoms with E-state index in [-0.39, 0.29) is 28.2 Å². The first kappa shape index (κ1) is 38.6. The van der Waals surface area contributed by atoms with Crippen molar-refractivity contribution in [3.63, 3.8) is 0 Å². The molecule has 6 heteroatoms. The molecule has 0 aromatic carbocycles. The van der Waals surface area contributed by atoms with Crippen LogP contribution in [0.3, 0.4) is 0 Å². The summed E-state index contributed by atoms with van der Waals surface area (Å²) in [5.41, 5.74) is 2.43. The van der Waals surface area contributed by atoms with Crippen LogP contribution in [0.1, 0.15) is 28.2 Å². The normalized spacial score (nSPS) is 4.69.